The van der Waals surface area contributed by atoms with Crippen molar-refractivity contribution in [2.75, 3.05) is 26.0 Å². The predicted molar refractivity (Wildman–Crippen MR) is 107 cm³/mol. The van der Waals surface area contributed by atoms with Crippen molar-refractivity contribution in [3.8, 4) is 5.75 Å². The fourth-order valence-corrected chi connectivity index (χ4v) is 3.02. The number of ether oxygens (including phenoxy) is 2. The summed E-state index contributed by atoms with van der Waals surface area (Å²) < 4.78 is 11.0. The summed E-state index contributed by atoms with van der Waals surface area (Å²) in [6.07, 6.45) is 3.69. The third-order valence-electron chi connectivity index (χ3n) is 4.69. The standard InChI is InChI=1S/C20H23N5O4/c1-23-17(18(26)25-20(19(22)27)6-8-28-12-20)15-9-14(4-5-16(15)21)29-11-13-3-2-7-24-10-13/h2-5,7,9-10H,6,8,11-12,21H2,1H3,(H2,22,27)(H,25,26). The number of anilines is 1. The molecule has 1 aromatic heterocycles. The number of carbonyl (C=O) groups excluding carboxylic acids is 2. The molecular weight excluding hydrogens is 374 g/mol. The lowest BCUT2D eigenvalue weighted by molar-refractivity contribution is -0.129. The predicted octanol–water partition coefficient (Wildman–Crippen LogP) is 0.422. The van der Waals surface area contributed by atoms with Gasteiger partial charge in [-0.1, -0.05) is 6.07 Å². The fraction of sp³-hybridized carbons (Fsp3) is 0.300. The van der Waals surface area contributed by atoms with Crippen LogP contribution < -0.4 is 21.5 Å². The molecule has 9 heteroatoms. The highest BCUT2D eigenvalue weighted by Gasteiger charge is 2.43. The second kappa shape index (κ2) is 8.70. The number of nitrogens with one attached hydrogen (secondary N) is 1. The van der Waals surface area contributed by atoms with Crippen LogP contribution in [0.3, 0.4) is 0 Å². The van der Waals surface area contributed by atoms with E-state index in [-0.39, 0.29) is 12.3 Å². The first-order valence-corrected chi connectivity index (χ1v) is 9.04. The van der Waals surface area contributed by atoms with Crippen LogP contribution in [0.4, 0.5) is 5.69 Å². The molecule has 1 unspecified atom stereocenters. The molecule has 3 rings (SSSR count). The van der Waals surface area contributed by atoms with E-state index in [9.17, 15) is 9.59 Å². The smallest absolute Gasteiger partial charge is 0.271 e. The highest BCUT2D eigenvalue weighted by molar-refractivity contribution is 6.46. The van der Waals surface area contributed by atoms with Crippen molar-refractivity contribution in [3.63, 3.8) is 0 Å². The van der Waals surface area contributed by atoms with E-state index in [0.29, 0.717) is 36.6 Å². The lowest BCUT2D eigenvalue weighted by Crippen LogP contribution is -2.59. The first kappa shape index (κ1) is 20.3. The maximum absolute atomic E-state index is 12.9. The fourth-order valence-electron chi connectivity index (χ4n) is 3.02. The zero-order chi connectivity index (χ0) is 20.9. The minimum Gasteiger partial charge on any atom is -0.489 e. The molecule has 1 fully saturated rings. The topological polar surface area (TPSA) is 142 Å². The molecule has 0 spiro atoms. The van der Waals surface area contributed by atoms with Crippen LogP contribution in [-0.2, 0) is 20.9 Å². The van der Waals surface area contributed by atoms with Gasteiger partial charge >= 0.3 is 0 Å². The van der Waals surface area contributed by atoms with E-state index in [1.165, 1.54) is 7.05 Å². The van der Waals surface area contributed by atoms with Gasteiger partial charge in [0.25, 0.3) is 5.91 Å². The highest BCUT2D eigenvalue weighted by atomic mass is 16.5. The summed E-state index contributed by atoms with van der Waals surface area (Å²) in [5.41, 5.74) is 12.0. The number of carbonyl (C=O) groups is 2. The largest absolute Gasteiger partial charge is 0.489 e. The maximum atomic E-state index is 12.9. The van der Waals surface area contributed by atoms with E-state index in [1.807, 2.05) is 12.1 Å². The van der Waals surface area contributed by atoms with Gasteiger partial charge in [-0.2, -0.15) is 0 Å². The monoisotopic (exact) mass is 397 g/mol. The minimum atomic E-state index is -1.25. The van der Waals surface area contributed by atoms with Crippen molar-refractivity contribution in [3.05, 3.63) is 53.9 Å². The Hall–Kier alpha value is -3.46. The molecule has 5 N–H and O–H groups in total. The summed E-state index contributed by atoms with van der Waals surface area (Å²) in [6.45, 7) is 0.667. The summed E-state index contributed by atoms with van der Waals surface area (Å²) in [7, 11) is 1.47. The molecule has 152 valence electrons. The lowest BCUT2D eigenvalue weighted by atomic mass is 9.96. The summed E-state index contributed by atoms with van der Waals surface area (Å²) >= 11 is 0. The highest BCUT2D eigenvalue weighted by Crippen LogP contribution is 2.23. The SMILES string of the molecule is CN=C(C(=O)NC1(C(N)=O)CCOC1)c1cc(OCc2cccnc2)ccc1N. The van der Waals surface area contributed by atoms with Crippen molar-refractivity contribution in [2.24, 2.45) is 10.7 Å². The average molecular weight is 397 g/mol. The maximum Gasteiger partial charge on any atom is 0.271 e. The van der Waals surface area contributed by atoms with Crippen LogP contribution >= 0.6 is 0 Å². The van der Waals surface area contributed by atoms with Gasteiger partial charge in [0, 0.05) is 49.3 Å². The van der Waals surface area contributed by atoms with E-state index in [2.05, 4.69) is 15.3 Å². The van der Waals surface area contributed by atoms with Crippen LogP contribution in [-0.4, -0.2) is 48.3 Å². The Morgan fingerprint density at radius 1 is 1.38 bits per heavy atom. The molecule has 0 saturated carbocycles. The molecule has 0 radical (unpaired) electrons. The van der Waals surface area contributed by atoms with E-state index in [4.69, 9.17) is 20.9 Å². The number of nitrogens with zero attached hydrogens (tertiary/aromatic N) is 2. The second-order valence-electron chi connectivity index (χ2n) is 6.67. The molecule has 2 aromatic rings. The van der Waals surface area contributed by atoms with Gasteiger partial charge in [-0.25, -0.2) is 0 Å². The van der Waals surface area contributed by atoms with Gasteiger partial charge in [0.1, 0.15) is 23.6 Å². The Bertz CT molecular complexity index is 924. The number of nitrogens with two attached hydrogens (primary N) is 2. The quantitative estimate of drug-likeness (QED) is 0.457. The van der Waals surface area contributed by atoms with Gasteiger partial charge < -0.3 is 26.3 Å². The number of amides is 2. The minimum absolute atomic E-state index is 0.0226. The average Bonchev–Trinajstić information content (AvgIpc) is 3.19. The van der Waals surface area contributed by atoms with Gasteiger partial charge in [0.15, 0.2) is 0 Å². The molecule has 0 bridgehead atoms. The van der Waals surface area contributed by atoms with Crippen LogP contribution in [0.1, 0.15) is 17.5 Å². The Kier molecular flexibility index (Phi) is 6.08. The van der Waals surface area contributed by atoms with E-state index in [0.717, 1.165) is 5.56 Å². The molecule has 1 aliphatic rings. The Balaban J connectivity index is 1.79. The number of primary amides is 1. The van der Waals surface area contributed by atoms with Gasteiger partial charge in [-0.3, -0.25) is 19.6 Å². The second-order valence-corrected chi connectivity index (χ2v) is 6.67. The van der Waals surface area contributed by atoms with E-state index in [1.54, 1.807) is 30.6 Å². The van der Waals surface area contributed by atoms with Crippen LogP contribution in [0.5, 0.6) is 5.75 Å². The molecule has 1 aromatic carbocycles. The Labute approximate surface area is 168 Å². The first-order valence-electron chi connectivity index (χ1n) is 9.04. The summed E-state index contributed by atoms with van der Waals surface area (Å²) in [4.78, 5) is 32.9. The van der Waals surface area contributed by atoms with Crippen LogP contribution in [0, 0.1) is 0 Å². The molecule has 9 nitrogen and oxygen atoms in total. The third-order valence-corrected chi connectivity index (χ3v) is 4.69. The van der Waals surface area contributed by atoms with E-state index < -0.39 is 17.4 Å². The molecule has 29 heavy (non-hydrogen) atoms. The third kappa shape index (κ3) is 4.52. The number of hydrogen-bond donors (Lipinski definition) is 3. The molecule has 1 saturated heterocycles. The van der Waals surface area contributed by atoms with Crippen molar-refractivity contribution in [1.82, 2.24) is 10.3 Å². The molecule has 0 aliphatic carbocycles. The van der Waals surface area contributed by atoms with E-state index >= 15 is 0 Å². The van der Waals surface area contributed by atoms with Crippen LogP contribution in [0.2, 0.25) is 0 Å². The Morgan fingerprint density at radius 2 is 2.21 bits per heavy atom. The van der Waals surface area contributed by atoms with Crippen molar-refractivity contribution >= 4 is 23.2 Å². The van der Waals surface area contributed by atoms with Crippen molar-refractivity contribution < 1.29 is 19.1 Å². The number of nitrogen functional groups attached to an aromatic ring is 1. The van der Waals surface area contributed by atoms with Crippen molar-refractivity contribution in [1.29, 1.82) is 0 Å². The summed E-state index contributed by atoms with van der Waals surface area (Å²) in [5, 5.41) is 2.67. The van der Waals surface area contributed by atoms with Gasteiger partial charge in [-0.15, -0.1) is 0 Å². The van der Waals surface area contributed by atoms with Gasteiger partial charge in [0.2, 0.25) is 5.91 Å². The number of aliphatic imine (C=N–C) groups is 1. The van der Waals surface area contributed by atoms with Crippen molar-refractivity contribution in [2.45, 2.75) is 18.6 Å². The normalized spacial score (nSPS) is 19.0. The first-order chi connectivity index (χ1) is 13.9. The summed E-state index contributed by atoms with van der Waals surface area (Å²) in [6, 6.07) is 8.69. The van der Waals surface area contributed by atoms with Crippen LogP contribution in [0.15, 0.2) is 47.7 Å². The molecule has 1 atom stereocenters. The number of hydrogen-bond acceptors (Lipinski definition) is 7. The lowest BCUT2D eigenvalue weighted by Gasteiger charge is -2.25. The summed E-state index contributed by atoms with van der Waals surface area (Å²) in [5.74, 6) is -0.700. The number of rotatable bonds is 7. The molecular formula is C20H23N5O4. The van der Waals surface area contributed by atoms with Gasteiger partial charge in [0.05, 0.1) is 6.61 Å². The Morgan fingerprint density at radius 3 is 2.83 bits per heavy atom. The molecule has 1 aliphatic heterocycles. The zero-order valence-corrected chi connectivity index (χ0v) is 16.1. The molecule has 2 heterocycles. The molecule has 2 amide bonds. The van der Waals surface area contributed by atoms with Crippen LogP contribution in [0.25, 0.3) is 0 Å². The number of aromatic nitrogens is 1. The zero-order valence-electron chi connectivity index (χ0n) is 16.1. The number of pyridine rings is 1. The number of benzene rings is 1. The van der Waals surface area contributed by atoms with Gasteiger partial charge in [-0.05, 0) is 24.3 Å².